The molecule has 1 N–H and O–H groups in total. The van der Waals surface area contributed by atoms with E-state index < -0.39 is 0 Å². The summed E-state index contributed by atoms with van der Waals surface area (Å²) >= 11 is 0. The lowest BCUT2D eigenvalue weighted by molar-refractivity contribution is 0.0937. The maximum absolute atomic E-state index is 12.0. The van der Waals surface area contributed by atoms with Crippen LogP contribution >= 0.6 is 0 Å². The molecular formula is C21H28N2O3. The van der Waals surface area contributed by atoms with E-state index in [0.717, 1.165) is 6.54 Å². The molecule has 0 radical (unpaired) electrons. The number of benzene rings is 1. The van der Waals surface area contributed by atoms with E-state index >= 15 is 0 Å². The number of pyridine rings is 1. The highest BCUT2D eigenvalue weighted by atomic mass is 16.5. The van der Waals surface area contributed by atoms with Crippen LogP contribution in [-0.4, -0.2) is 30.2 Å². The molecule has 1 aliphatic carbocycles. The van der Waals surface area contributed by atoms with Crippen molar-refractivity contribution in [2.24, 2.45) is 5.92 Å². The third-order valence-electron chi connectivity index (χ3n) is 4.37. The van der Waals surface area contributed by atoms with Gasteiger partial charge in [0.1, 0.15) is 0 Å². The van der Waals surface area contributed by atoms with Crippen LogP contribution < -0.4 is 10.9 Å². The fourth-order valence-corrected chi connectivity index (χ4v) is 2.57. The standard InChI is InChI=1S/C15H22N2O3.C6H6/c1-2-20-9-8-17-11-13(6-7-14(17)18)15(19)16-10-12-4-3-5-12;1-2-4-6-5-3-1/h6-7,11-12H,2-5,8-10H2,1H3,(H,16,19);1-6H. The monoisotopic (exact) mass is 356 g/mol. The first-order valence-electron chi connectivity index (χ1n) is 9.27. The van der Waals surface area contributed by atoms with E-state index in [1.165, 1.54) is 29.9 Å². The second-order valence-electron chi connectivity index (χ2n) is 6.31. The predicted molar refractivity (Wildman–Crippen MR) is 103 cm³/mol. The molecule has 0 saturated heterocycles. The van der Waals surface area contributed by atoms with E-state index in [4.69, 9.17) is 4.74 Å². The van der Waals surface area contributed by atoms with Crippen molar-refractivity contribution in [1.82, 2.24) is 9.88 Å². The lowest BCUT2D eigenvalue weighted by atomic mass is 9.85. The summed E-state index contributed by atoms with van der Waals surface area (Å²) < 4.78 is 6.76. The van der Waals surface area contributed by atoms with Gasteiger partial charge >= 0.3 is 0 Å². The number of carbonyl (C=O) groups is 1. The highest BCUT2D eigenvalue weighted by Crippen LogP contribution is 2.25. The number of amides is 1. The number of carbonyl (C=O) groups excluding carboxylic acids is 1. The quantitative estimate of drug-likeness (QED) is 0.776. The van der Waals surface area contributed by atoms with Crippen LogP contribution in [0.1, 0.15) is 36.5 Å². The number of ether oxygens (including phenoxy) is 1. The number of nitrogens with one attached hydrogen (secondary N) is 1. The Bertz CT molecular complexity index is 682. The van der Waals surface area contributed by atoms with Gasteiger partial charge < -0.3 is 14.6 Å². The molecule has 0 bridgehead atoms. The van der Waals surface area contributed by atoms with Crippen LogP contribution in [0.3, 0.4) is 0 Å². The van der Waals surface area contributed by atoms with Crippen molar-refractivity contribution in [2.45, 2.75) is 32.7 Å². The average Bonchev–Trinajstić information content (AvgIpc) is 2.64. The zero-order valence-corrected chi connectivity index (χ0v) is 15.4. The number of hydrogen-bond acceptors (Lipinski definition) is 3. The molecule has 0 aliphatic heterocycles. The first-order chi connectivity index (χ1) is 12.7. The lowest BCUT2D eigenvalue weighted by Gasteiger charge is -2.25. The van der Waals surface area contributed by atoms with Gasteiger partial charge in [0.15, 0.2) is 0 Å². The van der Waals surface area contributed by atoms with Crippen molar-refractivity contribution in [2.75, 3.05) is 19.8 Å². The van der Waals surface area contributed by atoms with Gasteiger partial charge in [-0.05, 0) is 31.7 Å². The number of hydrogen-bond donors (Lipinski definition) is 1. The Morgan fingerprint density at radius 1 is 1.15 bits per heavy atom. The van der Waals surface area contributed by atoms with Gasteiger partial charge in [-0.2, -0.15) is 0 Å². The van der Waals surface area contributed by atoms with E-state index in [-0.39, 0.29) is 11.5 Å². The van der Waals surface area contributed by atoms with Crippen LogP contribution in [0.25, 0.3) is 0 Å². The first-order valence-corrected chi connectivity index (χ1v) is 9.27. The van der Waals surface area contributed by atoms with Crippen molar-refractivity contribution in [3.8, 4) is 0 Å². The van der Waals surface area contributed by atoms with E-state index in [0.29, 0.717) is 31.2 Å². The molecule has 0 spiro atoms. The maximum Gasteiger partial charge on any atom is 0.252 e. The third kappa shape index (κ3) is 6.84. The van der Waals surface area contributed by atoms with Crippen molar-refractivity contribution >= 4 is 5.91 Å². The van der Waals surface area contributed by atoms with Gasteiger partial charge in [0.2, 0.25) is 0 Å². The normalized spacial score (nSPS) is 13.3. The highest BCUT2D eigenvalue weighted by Gasteiger charge is 2.18. The van der Waals surface area contributed by atoms with Crippen LogP contribution in [0, 0.1) is 5.92 Å². The van der Waals surface area contributed by atoms with Crippen LogP contribution in [0.4, 0.5) is 0 Å². The summed E-state index contributed by atoms with van der Waals surface area (Å²) in [6.45, 7) is 4.21. The lowest BCUT2D eigenvalue weighted by Crippen LogP contribution is -2.33. The Hall–Kier alpha value is -2.40. The summed E-state index contributed by atoms with van der Waals surface area (Å²) in [5.41, 5.74) is 0.417. The molecule has 1 saturated carbocycles. The summed E-state index contributed by atoms with van der Waals surface area (Å²) in [6.07, 6.45) is 5.28. The Labute approximate surface area is 155 Å². The number of aromatic nitrogens is 1. The second-order valence-corrected chi connectivity index (χ2v) is 6.31. The number of rotatable bonds is 7. The molecule has 1 amide bonds. The van der Waals surface area contributed by atoms with Gasteiger partial charge in [-0.3, -0.25) is 9.59 Å². The molecule has 1 aromatic carbocycles. The average molecular weight is 356 g/mol. The van der Waals surface area contributed by atoms with Crippen molar-refractivity contribution < 1.29 is 9.53 Å². The Kier molecular flexibility index (Phi) is 8.63. The molecule has 140 valence electrons. The minimum Gasteiger partial charge on any atom is -0.380 e. The van der Waals surface area contributed by atoms with Crippen LogP contribution in [-0.2, 0) is 11.3 Å². The zero-order chi connectivity index (χ0) is 18.6. The van der Waals surface area contributed by atoms with Gasteiger partial charge in [-0.25, -0.2) is 0 Å². The molecule has 1 aromatic heterocycles. The van der Waals surface area contributed by atoms with Crippen molar-refractivity contribution in [3.63, 3.8) is 0 Å². The van der Waals surface area contributed by atoms with E-state index in [9.17, 15) is 9.59 Å². The fraction of sp³-hybridized carbons (Fsp3) is 0.429. The molecule has 0 unspecified atom stereocenters. The minimum atomic E-state index is -0.111. The predicted octanol–water partition coefficient (Wildman–Crippen LogP) is 3.10. The van der Waals surface area contributed by atoms with Crippen molar-refractivity contribution in [1.29, 1.82) is 0 Å². The van der Waals surface area contributed by atoms with Gasteiger partial charge in [0.25, 0.3) is 11.5 Å². The van der Waals surface area contributed by atoms with E-state index in [1.807, 2.05) is 43.3 Å². The molecule has 1 fully saturated rings. The van der Waals surface area contributed by atoms with Gasteiger partial charge in [0, 0.05) is 32.0 Å². The molecule has 1 heterocycles. The summed E-state index contributed by atoms with van der Waals surface area (Å²) in [5.74, 6) is 0.518. The van der Waals surface area contributed by atoms with Crippen LogP contribution in [0.5, 0.6) is 0 Å². The maximum atomic E-state index is 12.0. The second kappa shape index (κ2) is 11.3. The summed E-state index contributed by atoms with van der Waals surface area (Å²) in [6, 6.07) is 15.0. The molecular weight excluding hydrogens is 328 g/mol. The van der Waals surface area contributed by atoms with Gasteiger partial charge in [0.05, 0.1) is 12.2 Å². The Morgan fingerprint density at radius 2 is 1.81 bits per heavy atom. The Balaban J connectivity index is 0.000000342. The van der Waals surface area contributed by atoms with Gasteiger partial charge in [-0.15, -0.1) is 0 Å². The first kappa shape index (κ1) is 19.9. The third-order valence-corrected chi connectivity index (χ3v) is 4.37. The smallest absolute Gasteiger partial charge is 0.252 e. The summed E-state index contributed by atoms with van der Waals surface area (Å²) in [4.78, 5) is 23.7. The number of nitrogens with zero attached hydrogens (tertiary/aromatic N) is 1. The molecule has 1 aliphatic rings. The highest BCUT2D eigenvalue weighted by molar-refractivity contribution is 5.93. The van der Waals surface area contributed by atoms with E-state index in [2.05, 4.69) is 5.32 Å². The Morgan fingerprint density at radius 3 is 2.35 bits per heavy atom. The SMILES string of the molecule is CCOCCn1cc(C(=O)NCC2CCC2)ccc1=O.c1ccccc1. The topological polar surface area (TPSA) is 60.3 Å². The van der Waals surface area contributed by atoms with Crippen LogP contribution in [0.2, 0.25) is 0 Å². The molecule has 26 heavy (non-hydrogen) atoms. The van der Waals surface area contributed by atoms with E-state index in [1.54, 1.807) is 12.3 Å². The molecule has 2 aromatic rings. The molecule has 0 atom stereocenters. The molecule has 3 rings (SSSR count). The molecule has 5 nitrogen and oxygen atoms in total. The summed E-state index contributed by atoms with van der Waals surface area (Å²) in [7, 11) is 0. The van der Waals surface area contributed by atoms with Crippen molar-refractivity contribution in [3.05, 3.63) is 70.6 Å². The minimum absolute atomic E-state index is 0.109. The summed E-state index contributed by atoms with van der Waals surface area (Å²) in [5, 5.41) is 2.93. The zero-order valence-electron chi connectivity index (χ0n) is 15.4. The van der Waals surface area contributed by atoms with Gasteiger partial charge in [-0.1, -0.05) is 42.8 Å². The molecule has 5 heteroatoms. The largest absolute Gasteiger partial charge is 0.380 e. The fourth-order valence-electron chi connectivity index (χ4n) is 2.57. The van der Waals surface area contributed by atoms with Crippen LogP contribution in [0.15, 0.2) is 59.5 Å².